The van der Waals surface area contributed by atoms with Gasteiger partial charge in [-0.25, -0.2) is 4.98 Å². The number of aromatic amines is 1. The van der Waals surface area contributed by atoms with Crippen molar-refractivity contribution in [1.29, 1.82) is 0 Å². The van der Waals surface area contributed by atoms with Gasteiger partial charge in [-0.3, -0.25) is 9.78 Å². The number of aryl methyl sites for hydroxylation is 3. The van der Waals surface area contributed by atoms with Gasteiger partial charge in [-0.1, -0.05) is 18.2 Å². The molecule has 27 heavy (non-hydrogen) atoms. The lowest BCUT2D eigenvalue weighted by atomic mass is 10.1. The van der Waals surface area contributed by atoms with Crippen molar-refractivity contribution in [2.45, 2.75) is 27.3 Å². The van der Waals surface area contributed by atoms with Gasteiger partial charge in [0.05, 0.1) is 35.2 Å². The fourth-order valence-corrected chi connectivity index (χ4v) is 3.16. The van der Waals surface area contributed by atoms with E-state index < -0.39 is 0 Å². The van der Waals surface area contributed by atoms with Crippen LogP contribution < -0.4 is 0 Å². The van der Waals surface area contributed by atoms with E-state index in [0.717, 1.165) is 40.2 Å². The van der Waals surface area contributed by atoms with E-state index in [1.165, 1.54) is 0 Å². The number of nitrogens with one attached hydrogen (secondary N) is 1. The van der Waals surface area contributed by atoms with Crippen LogP contribution in [0.3, 0.4) is 0 Å². The molecule has 0 bridgehead atoms. The molecular weight excluding hydrogens is 338 g/mol. The number of hydrogen-bond donors (Lipinski definition) is 1. The Morgan fingerprint density at radius 3 is 2.59 bits per heavy atom. The maximum absolute atomic E-state index is 13.4. The fraction of sp³-hybridized carbons (Fsp3) is 0.381. The molecule has 6 nitrogen and oxygen atoms in total. The number of aromatic nitrogens is 3. The Bertz CT molecular complexity index is 960. The summed E-state index contributed by atoms with van der Waals surface area (Å²) in [6.45, 7) is 7.78. The van der Waals surface area contributed by atoms with Gasteiger partial charge in [-0.2, -0.15) is 0 Å². The predicted octanol–water partition coefficient (Wildman–Crippen LogP) is 3.09. The topological polar surface area (TPSA) is 65.1 Å². The van der Waals surface area contributed by atoms with Crippen molar-refractivity contribution in [2.75, 3.05) is 27.2 Å². The first-order valence-electron chi connectivity index (χ1n) is 9.16. The molecule has 3 rings (SSSR count). The number of H-pyrrole nitrogens is 1. The maximum atomic E-state index is 13.4. The van der Waals surface area contributed by atoms with E-state index in [-0.39, 0.29) is 5.91 Å². The summed E-state index contributed by atoms with van der Waals surface area (Å²) < 4.78 is 0. The molecule has 6 heteroatoms. The van der Waals surface area contributed by atoms with Crippen LogP contribution in [0.4, 0.5) is 0 Å². The Balaban J connectivity index is 1.94. The van der Waals surface area contributed by atoms with Crippen LogP contribution in [0.15, 0.2) is 30.5 Å². The number of imidazole rings is 1. The Hall–Kier alpha value is -2.73. The summed E-state index contributed by atoms with van der Waals surface area (Å²) in [6.07, 6.45) is 1.79. The summed E-state index contributed by atoms with van der Waals surface area (Å²) in [5, 5.41) is 0.994. The molecule has 1 amide bonds. The molecule has 2 aromatic heterocycles. The second-order valence-electron chi connectivity index (χ2n) is 7.29. The molecule has 142 valence electrons. The molecule has 0 atom stereocenters. The van der Waals surface area contributed by atoms with Gasteiger partial charge in [0.2, 0.25) is 0 Å². The molecule has 0 saturated heterocycles. The first kappa shape index (κ1) is 19.0. The van der Waals surface area contributed by atoms with Gasteiger partial charge in [-0.05, 0) is 46.5 Å². The lowest BCUT2D eigenvalue weighted by Crippen LogP contribution is -2.36. The van der Waals surface area contributed by atoms with Crippen LogP contribution in [-0.4, -0.2) is 57.8 Å². The van der Waals surface area contributed by atoms with Crippen LogP contribution in [0, 0.1) is 20.8 Å². The molecule has 0 radical (unpaired) electrons. The zero-order valence-electron chi connectivity index (χ0n) is 16.7. The number of pyridine rings is 1. The lowest BCUT2D eigenvalue weighted by Gasteiger charge is -2.24. The number of rotatable bonds is 6. The van der Waals surface area contributed by atoms with Crippen LogP contribution >= 0.6 is 0 Å². The highest BCUT2D eigenvalue weighted by Gasteiger charge is 2.20. The molecule has 1 N–H and O–H groups in total. The molecular formula is C21H27N5O. The summed E-state index contributed by atoms with van der Waals surface area (Å²) in [7, 11) is 4.02. The van der Waals surface area contributed by atoms with Crippen LogP contribution in [-0.2, 0) is 6.54 Å². The highest BCUT2D eigenvalue weighted by Crippen LogP contribution is 2.21. The molecule has 0 unspecified atom stereocenters. The van der Waals surface area contributed by atoms with E-state index in [4.69, 9.17) is 4.98 Å². The average Bonchev–Trinajstić information content (AvgIpc) is 3.03. The number of carbonyl (C=O) groups is 1. The van der Waals surface area contributed by atoms with Gasteiger partial charge in [0.25, 0.3) is 5.91 Å². The van der Waals surface area contributed by atoms with Crippen molar-refractivity contribution in [3.8, 4) is 0 Å². The third-order valence-corrected chi connectivity index (χ3v) is 4.69. The van der Waals surface area contributed by atoms with Gasteiger partial charge in [0.15, 0.2) is 0 Å². The van der Waals surface area contributed by atoms with Crippen molar-refractivity contribution < 1.29 is 4.79 Å². The molecule has 0 spiro atoms. The van der Waals surface area contributed by atoms with Gasteiger partial charge in [0, 0.05) is 18.5 Å². The Kier molecular flexibility index (Phi) is 5.56. The molecule has 0 fully saturated rings. The van der Waals surface area contributed by atoms with Crippen molar-refractivity contribution in [1.82, 2.24) is 24.8 Å². The number of benzene rings is 1. The molecule has 0 aliphatic heterocycles. The second-order valence-corrected chi connectivity index (χ2v) is 7.29. The third-order valence-electron chi connectivity index (χ3n) is 4.69. The summed E-state index contributed by atoms with van der Waals surface area (Å²) >= 11 is 0. The van der Waals surface area contributed by atoms with Crippen molar-refractivity contribution >= 4 is 16.8 Å². The largest absolute Gasteiger partial charge is 0.345 e. The number of nitrogens with zero attached hydrogens (tertiary/aromatic N) is 4. The minimum absolute atomic E-state index is 0.00231. The Morgan fingerprint density at radius 2 is 1.93 bits per heavy atom. The third kappa shape index (κ3) is 4.34. The summed E-state index contributed by atoms with van der Waals surface area (Å²) in [4.78, 5) is 29.5. The first-order valence-corrected chi connectivity index (χ1v) is 9.16. The van der Waals surface area contributed by atoms with Crippen LogP contribution in [0.2, 0.25) is 0 Å². The number of carbonyl (C=O) groups excluding carboxylic acids is 1. The van der Waals surface area contributed by atoms with Gasteiger partial charge in [0.1, 0.15) is 5.82 Å². The zero-order valence-corrected chi connectivity index (χ0v) is 16.7. The van der Waals surface area contributed by atoms with E-state index >= 15 is 0 Å². The van der Waals surface area contributed by atoms with E-state index in [0.29, 0.717) is 18.7 Å². The minimum atomic E-state index is -0.00231. The summed E-state index contributed by atoms with van der Waals surface area (Å²) in [5.41, 5.74) is 4.42. The fourth-order valence-electron chi connectivity index (χ4n) is 3.16. The van der Waals surface area contributed by atoms with Crippen LogP contribution in [0.25, 0.3) is 10.9 Å². The first-order chi connectivity index (χ1) is 12.8. The summed E-state index contributed by atoms with van der Waals surface area (Å²) in [5.74, 6) is 0.849. The minimum Gasteiger partial charge on any atom is -0.345 e. The second kappa shape index (κ2) is 7.88. The molecule has 0 aliphatic carbocycles. The number of hydrogen-bond acceptors (Lipinski definition) is 4. The molecule has 3 aromatic rings. The molecule has 1 aromatic carbocycles. The zero-order chi connectivity index (χ0) is 19.6. The average molecular weight is 365 g/mol. The van der Waals surface area contributed by atoms with Crippen LogP contribution in [0.1, 0.15) is 33.1 Å². The summed E-state index contributed by atoms with van der Waals surface area (Å²) in [6, 6.07) is 8.02. The van der Waals surface area contributed by atoms with Crippen molar-refractivity contribution in [3.05, 3.63) is 58.8 Å². The molecule has 0 saturated carbocycles. The maximum Gasteiger partial charge on any atom is 0.256 e. The van der Waals surface area contributed by atoms with E-state index in [2.05, 4.69) is 14.9 Å². The predicted molar refractivity (Wildman–Crippen MR) is 108 cm³/mol. The molecule has 0 aliphatic rings. The normalized spacial score (nSPS) is 11.3. The Morgan fingerprint density at radius 1 is 1.15 bits per heavy atom. The molecule has 2 heterocycles. The number of amides is 1. The number of para-hydroxylation sites is 1. The van der Waals surface area contributed by atoms with Crippen molar-refractivity contribution in [2.24, 2.45) is 0 Å². The quantitative estimate of drug-likeness (QED) is 0.729. The number of likely N-dealkylation sites (N-methyl/N-ethyl adjacent to an activating group) is 1. The SMILES string of the molecule is Cc1ncc(CN(CCN(C)C)C(=O)c2cc3cccc(C)c3nc2C)[nH]1. The Labute approximate surface area is 160 Å². The van der Waals surface area contributed by atoms with E-state index in [9.17, 15) is 4.79 Å². The van der Waals surface area contributed by atoms with Gasteiger partial charge < -0.3 is 14.8 Å². The van der Waals surface area contributed by atoms with Crippen molar-refractivity contribution in [3.63, 3.8) is 0 Å². The number of fused-ring (bicyclic) bond motifs is 1. The van der Waals surface area contributed by atoms with E-state index in [1.54, 1.807) is 6.20 Å². The standard InChI is InChI=1S/C21H27N5O/c1-14-7-6-8-17-11-19(15(2)23-20(14)17)21(27)26(10-9-25(4)5)13-18-12-22-16(3)24-18/h6-8,11-12H,9-10,13H2,1-5H3,(H,22,24). The smallest absolute Gasteiger partial charge is 0.256 e. The van der Waals surface area contributed by atoms with E-state index in [1.807, 2.05) is 64.0 Å². The van der Waals surface area contributed by atoms with Crippen LogP contribution in [0.5, 0.6) is 0 Å². The van der Waals surface area contributed by atoms with Gasteiger partial charge >= 0.3 is 0 Å². The van der Waals surface area contributed by atoms with Gasteiger partial charge in [-0.15, -0.1) is 0 Å². The highest BCUT2D eigenvalue weighted by atomic mass is 16.2. The monoisotopic (exact) mass is 365 g/mol. The highest BCUT2D eigenvalue weighted by molar-refractivity contribution is 5.99. The lowest BCUT2D eigenvalue weighted by molar-refractivity contribution is 0.0729.